The van der Waals surface area contributed by atoms with Gasteiger partial charge in [0.25, 0.3) is 0 Å². The average molecular weight is 423 g/mol. The van der Waals surface area contributed by atoms with Gasteiger partial charge >= 0.3 is 0 Å². The molecule has 0 fully saturated rings. The van der Waals surface area contributed by atoms with Crippen molar-refractivity contribution in [3.63, 3.8) is 0 Å². The van der Waals surface area contributed by atoms with Crippen molar-refractivity contribution in [3.8, 4) is 11.8 Å². The Labute approximate surface area is 183 Å². The maximum atomic E-state index is 10.3. The van der Waals surface area contributed by atoms with Crippen LogP contribution in [0.5, 0.6) is 11.8 Å². The van der Waals surface area contributed by atoms with Gasteiger partial charge in [0.1, 0.15) is 24.5 Å². The molecule has 1 heterocycles. The largest absolute Gasteiger partial charge is 0.473 e. The molecule has 31 heavy (non-hydrogen) atoms. The number of aliphatic hydroxyl groups is 1. The van der Waals surface area contributed by atoms with E-state index in [1.807, 2.05) is 60.7 Å². The fourth-order valence-corrected chi connectivity index (χ4v) is 2.46. The molecular formula is C25H30N2O4. The van der Waals surface area contributed by atoms with Gasteiger partial charge in [0.15, 0.2) is 0 Å². The summed E-state index contributed by atoms with van der Waals surface area (Å²) in [6.07, 6.45) is 0. The molecule has 6 nitrogen and oxygen atoms in total. The topological polar surface area (TPSA) is 72.8 Å². The number of ether oxygens (including phenoxy) is 2. The Bertz CT molecular complexity index is 954. The molecule has 3 aromatic rings. The summed E-state index contributed by atoms with van der Waals surface area (Å²) in [6.45, 7) is 7.74. The number of pyridine rings is 1. The van der Waals surface area contributed by atoms with E-state index in [-0.39, 0.29) is 0 Å². The van der Waals surface area contributed by atoms with Crippen molar-refractivity contribution >= 4 is 5.69 Å². The Hall–Kier alpha value is -3.09. The maximum Gasteiger partial charge on any atom is 0.243 e. The van der Waals surface area contributed by atoms with Gasteiger partial charge in [-0.3, -0.25) is 10.3 Å². The summed E-state index contributed by atoms with van der Waals surface area (Å²) in [4.78, 5) is 10.3. The van der Waals surface area contributed by atoms with Crippen LogP contribution in [0.2, 0.25) is 0 Å². The molecule has 2 aromatic carbocycles. The fourth-order valence-electron chi connectivity index (χ4n) is 2.46. The van der Waals surface area contributed by atoms with Crippen molar-refractivity contribution in [3.05, 3.63) is 83.9 Å². The molecule has 0 atom stereocenters. The van der Waals surface area contributed by atoms with Crippen LogP contribution in [0.25, 0.3) is 0 Å². The lowest BCUT2D eigenvalue weighted by Gasteiger charge is -2.36. The molecule has 0 bridgehead atoms. The molecular weight excluding hydrogens is 392 g/mol. The van der Waals surface area contributed by atoms with Crippen molar-refractivity contribution in [2.45, 2.75) is 52.1 Å². The quantitative estimate of drug-likeness (QED) is 0.441. The van der Waals surface area contributed by atoms with E-state index in [0.29, 0.717) is 30.7 Å². The van der Waals surface area contributed by atoms with Crippen LogP contribution < -0.4 is 15.0 Å². The first-order valence-electron chi connectivity index (χ1n) is 10.3. The van der Waals surface area contributed by atoms with Gasteiger partial charge in [-0.1, -0.05) is 60.7 Å². The number of aromatic nitrogens is 1. The fraction of sp³-hybridized carbons (Fsp3) is 0.320. The van der Waals surface area contributed by atoms with Crippen LogP contribution in [-0.2, 0) is 18.1 Å². The van der Waals surface area contributed by atoms with Gasteiger partial charge in [-0.25, -0.2) is 0 Å². The molecule has 0 radical (unpaired) electrons. The summed E-state index contributed by atoms with van der Waals surface area (Å²) >= 11 is 0. The summed E-state index contributed by atoms with van der Waals surface area (Å²) in [7, 11) is 0. The predicted octanol–water partition coefficient (Wildman–Crippen LogP) is 5.13. The third-order valence-corrected chi connectivity index (χ3v) is 5.17. The monoisotopic (exact) mass is 422 g/mol. The first-order valence-corrected chi connectivity index (χ1v) is 10.3. The number of anilines is 1. The van der Waals surface area contributed by atoms with Crippen LogP contribution in [0.1, 0.15) is 38.8 Å². The van der Waals surface area contributed by atoms with E-state index in [1.165, 1.54) is 0 Å². The molecule has 1 aromatic heterocycles. The smallest absolute Gasteiger partial charge is 0.243 e. The highest BCUT2D eigenvalue weighted by molar-refractivity contribution is 5.52. The van der Waals surface area contributed by atoms with E-state index in [0.717, 1.165) is 11.1 Å². The van der Waals surface area contributed by atoms with Crippen LogP contribution in [0, 0.1) is 0 Å². The van der Waals surface area contributed by atoms with E-state index < -0.39 is 11.2 Å². The Balaban J connectivity index is 1.75. The Morgan fingerprint density at radius 3 is 1.87 bits per heavy atom. The van der Waals surface area contributed by atoms with Crippen LogP contribution in [-0.4, -0.2) is 21.3 Å². The van der Waals surface area contributed by atoms with Crippen LogP contribution >= 0.6 is 0 Å². The number of rotatable bonds is 10. The zero-order chi connectivity index (χ0) is 22.3. The Morgan fingerprint density at radius 2 is 1.32 bits per heavy atom. The highest BCUT2D eigenvalue weighted by Gasteiger charge is 2.37. The summed E-state index contributed by atoms with van der Waals surface area (Å²) < 4.78 is 11.8. The normalized spacial score (nSPS) is 11.8. The van der Waals surface area contributed by atoms with Gasteiger partial charge in [-0.15, -0.1) is 0 Å². The van der Waals surface area contributed by atoms with Crippen molar-refractivity contribution in [2.24, 2.45) is 0 Å². The van der Waals surface area contributed by atoms with Crippen LogP contribution in [0.3, 0.4) is 0 Å². The molecule has 0 amide bonds. The van der Waals surface area contributed by atoms with Gasteiger partial charge in [0, 0.05) is 6.07 Å². The van der Waals surface area contributed by atoms with E-state index in [2.05, 4.69) is 10.5 Å². The number of benzene rings is 2. The van der Waals surface area contributed by atoms with Gasteiger partial charge in [0.05, 0.1) is 5.60 Å². The first kappa shape index (κ1) is 22.6. The van der Waals surface area contributed by atoms with Gasteiger partial charge in [-0.05, 0) is 44.9 Å². The summed E-state index contributed by atoms with van der Waals surface area (Å²) in [6, 6.07) is 23.3. The maximum absolute atomic E-state index is 10.3. The van der Waals surface area contributed by atoms with Gasteiger partial charge in [-0.2, -0.15) is 4.98 Å². The molecule has 0 aliphatic heterocycles. The lowest BCUT2D eigenvalue weighted by Crippen LogP contribution is -2.48. The molecule has 2 N–H and O–H groups in total. The van der Waals surface area contributed by atoms with Crippen molar-refractivity contribution < 1.29 is 19.4 Å². The average Bonchev–Trinajstić information content (AvgIpc) is 2.76. The second-order valence-corrected chi connectivity index (χ2v) is 8.32. The van der Waals surface area contributed by atoms with Crippen molar-refractivity contribution in [1.29, 1.82) is 0 Å². The molecule has 164 valence electrons. The SMILES string of the molecule is CC(C)(O)C(C)(C)ONc1ccc(OCc2ccccc2)nc1OCc1ccccc1. The van der Waals surface area contributed by atoms with Gasteiger partial charge < -0.3 is 14.6 Å². The van der Waals surface area contributed by atoms with E-state index in [4.69, 9.17) is 14.3 Å². The third-order valence-electron chi connectivity index (χ3n) is 5.17. The highest BCUT2D eigenvalue weighted by atomic mass is 16.7. The molecule has 0 aliphatic rings. The summed E-state index contributed by atoms with van der Waals surface area (Å²) in [5, 5.41) is 10.3. The minimum Gasteiger partial charge on any atom is -0.473 e. The number of nitrogens with one attached hydrogen (secondary N) is 1. The van der Waals surface area contributed by atoms with Crippen molar-refractivity contribution in [1.82, 2.24) is 4.98 Å². The molecule has 0 aliphatic carbocycles. The second kappa shape index (κ2) is 9.81. The van der Waals surface area contributed by atoms with E-state index in [9.17, 15) is 5.11 Å². The molecule has 6 heteroatoms. The second-order valence-electron chi connectivity index (χ2n) is 8.32. The number of hydrogen-bond acceptors (Lipinski definition) is 6. The molecule has 0 unspecified atom stereocenters. The highest BCUT2D eigenvalue weighted by Crippen LogP contribution is 2.30. The van der Waals surface area contributed by atoms with Crippen molar-refractivity contribution in [2.75, 3.05) is 5.48 Å². The number of hydrogen-bond donors (Lipinski definition) is 2. The van der Waals surface area contributed by atoms with E-state index in [1.54, 1.807) is 39.8 Å². The summed E-state index contributed by atoms with van der Waals surface area (Å²) in [5.41, 5.74) is 3.59. The first-order chi connectivity index (χ1) is 14.7. The minimum absolute atomic E-state index is 0.347. The molecule has 3 rings (SSSR count). The zero-order valence-corrected chi connectivity index (χ0v) is 18.5. The predicted molar refractivity (Wildman–Crippen MR) is 121 cm³/mol. The zero-order valence-electron chi connectivity index (χ0n) is 18.5. The van der Waals surface area contributed by atoms with Crippen LogP contribution in [0.15, 0.2) is 72.8 Å². The Morgan fingerprint density at radius 1 is 0.774 bits per heavy atom. The number of nitrogens with zero attached hydrogens (tertiary/aromatic N) is 1. The molecule has 0 spiro atoms. The lowest BCUT2D eigenvalue weighted by atomic mass is 9.90. The third kappa shape index (κ3) is 6.44. The standard InChI is InChI=1S/C25H30N2O4/c1-24(2,28)25(3,4)31-27-21-15-16-22(29-17-19-11-7-5-8-12-19)26-23(21)30-18-20-13-9-6-10-14-20/h5-16,27-28H,17-18H2,1-4H3. The van der Waals surface area contributed by atoms with Gasteiger partial charge in [0.2, 0.25) is 11.8 Å². The molecule has 0 saturated carbocycles. The molecule has 0 saturated heterocycles. The summed E-state index contributed by atoms with van der Waals surface area (Å²) in [5.74, 6) is 0.792. The Kier molecular flexibility index (Phi) is 7.15. The van der Waals surface area contributed by atoms with E-state index >= 15 is 0 Å². The lowest BCUT2D eigenvalue weighted by molar-refractivity contribution is -0.130. The van der Waals surface area contributed by atoms with Crippen LogP contribution in [0.4, 0.5) is 5.69 Å². The minimum atomic E-state index is -1.06.